The molecule has 10 nitrogen and oxygen atoms in total. The predicted molar refractivity (Wildman–Crippen MR) is 192 cm³/mol. The molecule has 1 saturated carbocycles. The van der Waals surface area contributed by atoms with Crippen molar-refractivity contribution in [2.24, 2.45) is 22.9 Å². The van der Waals surface area contributed by atoms with Gasteiger partial charge in [0.05, 0.1) is 18.2 Å². The van der Waals surface area contributed by atoms with Crippen LogP contribution in [0.2, 0.25) is 0 Å². The fraction of sp³-hybridized carbons (Fsp3) is 0.550. The Labute approximate surface area is 296 Å². The fourth-order valence-corrected chi connectivity index (χ4v) is 7.88. The molecule has 3 N–H and O–H groups in total. The van der Waals surface area contributed by atoms with Gasteiger partial charge in [0.25, 0.3) is 0 Å². The third-order valence-electron chi connectivity index (χ3n) is 10.0. The average molecular weight is 691 g/mol. The van der Waals surface area contributed by atoms with Gasteiger partial charge in [0.2, 0.25) is 5.79 Å². The Morgan fingerprint density at radius 2 is 1.80 bits per heavy atom. The van der Waals surface area contributed by atoms with Crippen molar-refractivity contribution in [3.05, 3.63) is 84.0 Å². The number of ether oxygens (including phenoxy) is 3. The monoisotopic (exact) mass is 690 g/mol. The van der Waals surface area contributed by atoms with E-state index < -0.39 is 29.4 Å². The van der Waals surface area contributed by atoms with Gasteiger partial charge in [-0.1, -0.05) is 60.5 Å². The van der Waals surface area contributed by atoms with Crippen LogP contribution in [0.15, 0.2) is 78.0 Å². The van der Waals surface area contributed by atoms with Gasteiger partial charge in [0, 0.05) is 38.2 Å². The van der Waals surface area contributed by atoms with Gasteiger partial charge in [-0.2, -0.15) is 0 Å². The van der Waals surface area contributed by atoms with Crippen LogP contribution in [0.1, 0.15) is 82.8 Å². The summed E-state index contributed by atoms with van der Waals surface area (Å²) in [5.74, 6) is -1.14. The molecule has 0 radical (unpaired) electrons. The lowest BCUT2D eigenvalue weighted by molar-refractivity contribution is -0.253. The third-order valence-corrected chi connectivity index (χ3v) is 10.0. The first kappa shape index (κ1) is 37.4. The molecule has 10 heteroatoms. The fourth-order valence-electron chi connectivity index (χ4n) is 7.88. The number of carbonyl (C=O) groups is 1. The number of benzene rings is 2. The second-order valence-corrected chi connectivity index (χ2v) is 14.6. The number of allylic oxidation sites excluding steroid dienone is 1. The lowest BCUT2D eigenvalue weighted by Gasteiger charge is -2.59. The summed E-state index contributed by atoms with van der Waals surface area (Å²) in [7, 11) is 1.71. The van der Waals surface area contributed by atoms with Crippen molar-refractivity contribution >= 4 is 11.8 Å². The highest BCUT2D eigenvalue weighted by Crippen LogP contribution is 2.61. The van der Waals surface area contributed by atoms with Gasteiger partial charge >= 0.3 is 6.09 Å². The van der Waals surface area contributed by atoms with Crippen molar-refractivity contribution in [1.29, 1.82) is 0 Å². The Morgan fingerprint density at radius 3 is 2.48 bits per heavy atom. The molecule has 0 spiro atoms. The van der Waals surface area contributed by atoms with Crippen LogP contribution in [-0.4, -0.2) is 76.3 Å². The number of aliphatic hydroxyl groups is 2. The lowest BCUT2D eigenvalue weighted by Crippen LogP contribution is -2.69. The molecule has 0 bridgehead atoms. The molecular weight excluding hydrogens is 636 g/mol. The van der Waals surface area contributed by atoms with Gasteiger partial charge in [-0.25, -0.2) is 4.79 Å². The standard InChI is InChI=1S/C40H54N2O8/c1-6-22-48-40-35(42(5)38(46)47-26-27-14-8-7-9-15-27)25-33(41-50-39(2,3)4)31-23-28(16-10-12-20-43)30(17-11-13-21-44)36(37(31)40)32-24-29(45)18-19-34(32)49-40/h6-9,14-15,18-19,23-24,28,30,35-37,43-45H,1,10-13,16-17,20-22,25-26H2,2-5H3/t28-,30+,35-,36+,37+,40+/m0/s1. The van der Waals surface area contributed by atoms with Gasteiger partial charge in [0.15, 0.2) is 0 Å². The van der Waals surface area contributed by atoms with E-state index >= 15 is 0 Å². The number of fused-ring (bicyclic) bond motifs is 2. The molecule has 1 aliphatic heterocycles. The van der Waals surface area contributed by atoms with E-state index in [0.29, 0.717) is 24.3 Å². The Morgan fingerprint density at radius 1 is 1.08 bits per heavy atom. The zero-order valence-corrected chi connectivity index (χ0v) is 29.9. The largest absolute Gasteiger partial charge is 0.508 e. The van der Waals surface area contributed by atoms with Crippen LogP contribution < -0.4 is 4.74 Å². The summed E-state index contributed by atoms with van der Waals surface area (Å²) in [5, 5.41) is 35.0. The SMILES string of the molecule is C=CCO[C@@]12Oc3ccc(O)cc3[C@H]3[C@H](CCCCO)[C@@H](CCCCO)C=C(C(=NOC(C)(C)C)C[C@@H]1N(C)C(=O)OCc1ccccc1)[C@H]32. The van der Waals surface area contributed by atoms with E-state index in [1.807, 2.05) is 51.1 Å². The van der Waals surface area contributed by atoms with Crippen LogP contribution in [0, 0.1) is 17.8 Å². The van der Waals surface area contributed by atoms with E-state index in [4.69, 9.17) is 24.2 Å². The van der Waals surface area contributed by atoms with Crippen molar-refractivity contribution in [3.8, 4) is 11.5 Å². The normalized spacial score (nSPS) is 26.2. The van der Waals surface area contributed by atoms with Crippen LogP contribution in [0.4, 0.5) is 4.79 Å². The summed E-state index contributed by atoms with van der Waals surface area (Å²) in [6, 6.07) is 14.0. The molecule has 50 heavy (non-hydrogen) atoms. The number of aromatic hydroxyl groups is 1. The summed E-state index contributed by atoms with van der Waals surface area (Å²) in [6.07, 6.45) is 8.37. The molecule has 6 atom stereocenters. The number of phenols is 1. The highest BCUT2D eigenvalue weighted by Gasteiger charge is 2.65. The second-order valence-electron chi connectivity index (χ2n) is 14.6. The summed E-state index contributed by atoms with van der Waals surface area (Å²) >= 11 is 0. The maximum atomic E-state index is 13.9. The number of unbranched alkanes of at least 4 members (excludes halogenated alkanes) is 2. The second kappa shape index (κ2) is 16.4. The van der Waals surface area contributed by atoms with Gasteiger partial charge in [-0.15, -0.1) is 6.58 Å². The van der Waals surface area contributed by atoms with E-state index in [0.717, 1.165) is 42.4 Å². The summed E-state index contributed by atoms with van der Waals surface area (Å²) in [5.41, 5.74) is 2.81. The van der Waals surface area contributed by atoms with Crippen molar-refractivity contribution in [2.75, 3.05) is 26.9 Å². The highest BCUT2D eigenvalue weighted by molar-refractivity contribution is 6.02. The topological polar surface area (TPSA) is 130 Å². The Bertz CT molecular complexity index is 1520. The van der Waals surface area contributed by atoms with Crippen LogP contribution in [0.25, 0.3) is 0 Å². The van der Waals surface area contributed by atoms with Crippen molar-refractivity contribution < 1.29 is 39.2 Å². The summed E-state index contributed by atoms with van der Waals surface area (Å²) in [6.45, 7) is 10.3. The van der Waals surface area contributed by atoms with Crippen molar-refractivity contribution in [3.63, 3.8) is 0 Å². The van der Waals surface area contributed by atoms with Crippen LogP contribution in [0.3, 0.4) is 0 Å². The van der Waals surface area contributed by atoms with Crippen LogP contribution in [-0.2, 0) is 20.9 Å². The molecule has 5 rings (SSSR count). The van der Waals surface area contributed by atoms with Crippen molar-refractivity contribution in [2.45, 2.75) is 95.7 Å². The van der Waals surface area contributed by atoms with E-state index in [-0.39, 0.29) is 56.4 Å². The van der Waals surface area contributed by atoms with Gasteiger partial charge in [0.1, 0.15) is 29.7 Å². The Hall–Kier alpha value is -3.86. The molecule has 0 aromatic heterocycles. The first-order valence-corrected chi connectivity index (χ1v) is 17.9. The van der Waals surface area contributed by atoms with E-state index in [1.54, 1.807) is 36.2 Å². The lowest BCUT2D eigenvalue weighted by atomic mass is 9.55. The molecule has 1 fully saturated rings. The molecule has 0 unspecified atom stereocenters. The Balaban J connectivity index is 1.69. The molecular formula is C40H54N2O8. The predicted octanol–water partition coefficient (Wildman–Crippen LogP) is 7.09. The molecule has 0 saturated heterocycles. The zero-order valence-electron chi connectivity index (χ0n) is 29.9. The molecule has 2 aromatic rings. The minimum Gasteiger partial charge on any atom is -0.508 e. The van der Waals surface area contributed by atoms with Crippen molar-refractivity contribution in [1.82, 2.24) is 4.90 Å². The van der Waals surface area contributed by atoms with E-state index in [1.165, 1.54) is 0 Å². The number of oxime groups is 1. The Kier molecular flexibility index (Phi) is 12.3. The van der Waals surface area contributed by atoms with Gasteiger partial charge in [-0.05, 0) is 87.6 Å². The number of aliphatic hydroxyl groups excluding tert-OH is 2. The maximum absolute atomic E-state index is 13.9. The molecule has 2 aromatic carbocycles. The molecule has 3 aliphatic rings. The van der Waals surface area contributed by atoms with Crippen LogP contribution in [0.5, 0.6) is 11.5 Å². The number of hydrogen-bond donors (Lipinski definition) is 3. The number of phenolic OH excluding ortho intramolecular Hbond substituents is 1. The molecule has 1 amide bonds. The number of likely N-dealkylation sites (N-methyl/N-ethyl adjacent to an activating group) is 1. The molecule has 1 heterocycles. The molecule has 2 aliphatic carbocycles. The summed E-state index contributed by atoms with van der Waals surface area (Å²) < 4.78 is 19.7. The minimum absolute atomic E-state index is 0.0732. The number of carbonyl (C=O) groups excluding carboxylic acids is 1. The highest BCUT2D eigenvalue weighted by atomic mass is 16.7. The smallest absolute Gasteiger partial charge is 0.410 e. The number of hydrogen-bond acceptors (Lipinski definition) is 9. The maximum Gasteiger partial charge on any atom is 0.410 e. The number of rotatable bonds is 15. The van der Waals surface area contributed by atoms with Gasteiger partial charge < -0.3 is 39.3 Å². The number of nitrogens with zero attached hydrogens (tertiary/aromatic N) is 2. The van der Waals surface area contributed by atoms with Gasteiger partial charge in [-0.3, -0.25) is 0 Å². The summed E-state index contributed by atoms with van der Waals surface area (Å²) in [4.78, 5) is 21.6. The zero-order chi connectivity index (χ0) is 35.9. The van der Waals surface area contributed by atoms with E-state index in [9.17, 15) is 20.1 Å². The molecule has 272 valence electrons. The third kappa shape index (κ3) is 8.19. The quantitative estimate of drug-likeness (QED) is 0.103. The first-order valence-electron chi connectivity index (χ1n) is 17.9. The first-order chi connectivity index (χ1) is 24.0. The average Bonchev–Trinajstić information content (AvgIpc) is 3.10. The van der Waals surface area contributed by atoms with Crippen LogP contribution >= 0.6 is 0 Å². The number of amides is 1. The minimum atomic E-state index is -1.37. The van der Waals surface area contributed by atoms with E-state index in [2.05, 4.69) is 12.7 Å².